The van der Waals surface area contributed by atoms with E-state index >= 15 is 4.39 Å². The maximum Gasteiger partial charge on any atom is 0.170 e. The molecule has 3 aromatic rings. The Labute approximate surface area is 202 Å². The average Bonchev–Trinajstić information content (AvgIpc) is 2.85. The fourth-order valence-electron chi connectivity index (χ4n) is 4.85. The number of rotatable bonds is 7. The molecule has 3 heterocycles. The summed E-state index contributed by atoms with van der Waals surface area (Å²) >= 11 is 0. The number of aliphatic hydroxyl groups is 1. The van der Waals surface area contributed by atoms with Crippen molar-refractivity contribution in [3.63, 3.8) is 0 Å². The Morgan fingerprint density at radius 1 is 1.29 bits per heavy atom. The zero-order valence-electron chi connectivity index (χ0n) is 19.5. The summed E-state index contributed by atoms with van der Waals surface area (Å²) in [7, 11) is 1.78. The molecule has 4 unspecified atom stereocenters. The van der Waals surface area contributed by atoms with Gasteiger partial charge in [0.15, 0.2) is 12.1 Å². The molecule has 0 spiro atoms. The van der Waals surface area contributed by atoms with E-state index in [1.165, 1.54) is 12.1 Å². The van der Waals surface area contributed by atoms with Gasteiger partial charge in [0.1, 0.15) is 17.2 Å². The summed E-state index contributed by atoms with van der Waals surface area (Å²) in [6.07, 6.45) is 3.48. The van der Waals surface area contributed by atoms with Crippen LogP contribution in [0.15, 0.2) is 42.7 Å². The second kappa shape index (κ2) is 10.5. The van der Waals surface area contributed by atoms with Gasteiger partial charge < -0.3 is 20.9 Å². The number of ether oxygens (including phenoxy) is 1. The number of nitrogens with two attached hydrogens (primary N) is 1. The van der Waals surface area contributed by atoms with Gasteiger partial charge in [0, 0.05) is 42.8 Å². The van der Waals surface area contributed by atoms with Crippen LogP contribution in [0.2, 0.25) is 0 Å². The zero-order valence-corrected chi connectivity index (χ0v) is 19.5. The van der Waals surface area contributed by atoms with Crippen LogP contribution in [0.5, 0.6) is 0 Å². The first-order chi connectivity index (χ1) is 16.9. The van der Waals surface area contributed by atoms with Crippen LogP contribution in [0, 0.1) is 17.6 Å². The predicted octanol–water partition coefficient (Wildman–Crippen LogP) is 4.32. The molecular formula is C26H28F2N4O3. The number of hydrogen-bond acceptors (Lipinski definition) is 7. The molecule has 1 saturated heterocycles. The lowest BCUT2D eigenvalue weighted by Gasteiger charge is -2.40. The Morgan fingerprint density at radius 3 is 2.80 bits per heavy atom. The Balaban J connectivity index is 1.74. The molecule has 4 atom stereocenters. The van der Waals surface area contributed by atoms with Crippen LogP contribution in [-0.4, -0.2) is 40.6 Å². The van der Waals surface area contributed by atoms with E-state index in [1.54, 1.807) is 25.5 Å². The van der Waals surface area contributed by atoms with Gasteiger partial charge in [0.05, 0.1) is 35.9 Å². The van der Waals surface area contributed by atoms with E-state index in [9.17, 15) is 14.3 Å². The molecule has 7 nitrogen and oxygen atoms in total. The van der Waals surface area contributed by atoms with Gasteiger partial charge in [-0.2, -0.15) is 0 Å². The second-order valence-corrected chi connectivity index (χ2v) is 8.64. The molecule has 1 aliphatic heterocycles. The van der Waals surface area contributed by atoms with Crippen molar-refractivity contribution in [2.45, 2.75) is 44.5 Å². The molecule has 0 bridgehead atoms. The van der Waals surface area contributed by atoms with Crippen LogP contribution in [0.1, 0.15) is 47.5 Å². The number of benzene rings is 1. The monoisotopic (exact) mass is 482 g/mol. The van der Waals surface area contributed by atoms with Crippen molar-refractivity contribution in [3.05, 3.63) is 71.2 Å². The fourth-order valence-corrected chi connectivity index (χ4v) is 4.85. The smallest absolute Gasteiger partial charge is 0.170 e. The Kier molecular flexibility index (Phi) is 7.37. The molecule has 184 valence electrons. The molecule has 1 fully saturated rings. The summed E-state index contributed by atoms with van der Waals surface area (Å²) in [5, 5.41) is 14.1. The third-order valence-electron chi connectivity index (χ3n) is 6.61. The third-order valence-corrected chi connectivity index (χ3v) is 6.61. The van der Waals surface area contributed by atoms with Crippen molar-refractivity contribution in [1.82, 2.24) is 9.97 Å². The second-order valence-electron chi connectivity index (χ2n) is 8.64. The average molecular weight is 483 g/mol. The lowest BCUT2D eigenvalue weighted by molar-refractivity contribution is -0.138. The number of hydrogen-bond donors (Lipinski definition) is 3. The number of halogens is 2. The normalized spacial score (nSPS) is 22.1. The van der Waals surface area contributed by atoms with Crippen molar-refractivity contribution >= 4 is 17.7 Å². The molecule has 2 aromatic heterocycles. The number of aromatic nitrogens is 2. The first kappa shape index (κ1) is 24.7. The largest absolute Gasteiger partial charge is 0.397 e. The quantitative estimate of drug-likeness (QED) is 0.430. The van der Waals surface area contributed by atoms with E-state index in [4.69, 9.17) is 10.5 Å². The van der Waals surface area contributed by atoms with Crippen molar-refractivity contribution in [1.29, 1.82) is 0 Å². The van der Waals surface area contributed by atoms with Crippen molar-refractivity contribution in [2.24, 2.45) is 5.92 Å². The number of aliphatic hydroxyl groups excluding tert-OH is 1. The van der Waals surface area contributed by atoms with E-state index in [0.717, 1.165) is 17.3 Å². The van der Waals surface area contributed by atoms with Crippen molar-refractivity contribution < 1.29 is 23.4 Å². The van der Waals surface area contributed by atoms with Gasteiger partial charge in [-0.15, -0.1) is 0 Å². The Morgan fingerprint density at radius 2 is 2.09 bits per heavy atom. The molecule has 9 heteroatoms. The first-order valence-corrected chi connectivity index (χ1v) is 11.5. The minimum absolute atomic E-state index is 0.0528. The highest BCUT2D eigenvalue weighted by atomic mass is 19.1. The maximum atomic E-state index is 15.1. The van der Waals surface area contributed by atoms with E-state index in [2.05, 4.69) is 15.3 Å². The highest BCUT2D eigenvalue weighted by molar-refractivity contribution is 5.82. The van der Waals surface area contributed by atoms with E-state index < -0.39 is 29.9 Å². The Bertz CT molecular complexity index is 1220. The topological polar surface area (TPSA) is 110 Å². The number of nitrogens with zero attached hydrogens (tertiary/aromatic N) is 2. The van der Waals surface area contributed by atoms with Gasteiger partial charge >= 0.3 is 0 Å². The lowest BCUT2D eigenvalue weighted by Crippen LogP contribution is -2.42. The van der Waals surface area contributed by atoms with Gasteiger partial charge in [0.2, 0.25) is 0 Å². The number of carbonyl (C=O) groups is 1. The number of pyridine rings is 2. The van der Waals surface area contributed by atoms with Gasteiger partial charge in [0.25, 0.3) is 0 Å². The number of nitrogens with one attached hydrogen (secondary N) is 1. The molecule has 0 saturated carbocycles. The van der Waals surface area contributed by atoms with Crippen LogP contribution >= 0.6 is 0 Å². The third kappa shape index (κ3) is 4.87. The van der Waals surface area contributed by atoms with Gasteiger partial charge in [-0.25, -0.2) is 13.8 Å². The van der Waals surface area contributed by atoms with E-state index in [1.807, 2.05) is 13.0 Å². The predicted molar refractivity (Wildman–Crippen MR) is 129 cm³/mol. The number of carbonyl (C=O) groups excluding carboxylic acids is 1. The van der Waals surface area contributed by atoms with Crippen molar-refractivity contribution in [2.75, 3.05) is 18.1 Å². The number of anilines is 2. The molecule has 4 rings (SSSR count). The molecule has 0 radical (unpaired) electrons. The SMILES string of the molecule is CCC1C(O)CC(c2ccncc2NC)OC1Cc1cccc(F)c1-c1nc(C=O)c(N)cc1F. The van der Waals surface area contributed by atoms with Gasteiger partial charge in [-0.1, -0.05) is 19.1 Å². The van der Waals surface area contributed by atoms with Gasteiger partial charge in [-0.05, 0) is 30.5 Å². The summed E-state index contributed by atoms with van der Waals surface area (Å²) in [5.74, 6) is -1.72. The van der Waals surface area contributed by atoms with E-state index in [0.29, 0.717) is 24.7 Å². The summed E-state index contributed by atoms with van der Waals surface area (Å²) < 4.78 is 36.4. The molecule has 1 aromatic carbocycles. The summed E-state index contributed by atoms with van der Waals surface area (Å²) in [6, 6.07) is 7.23. The lowest BCUT2D eigenvalue weighted by atomic mass is 9.81. The first-order valence-electron chi connectivity index (χ1n) is 11.5. The highest BCUT2D eigenvalue weighted by Gasteiger charge is 2.38. The Hall–Kier alpha value is -3.43. The molecular weight excluding hydrogens is 454 g/mol. The molecule has 1 aliphatic rings. The summed E-state index contributed by atoms with van der Waals surface area (Å²) in [6.45, 7) is 1.96. The summed E-state index contributed by atoms with van der Waals surface area (Å²) in [5.41, 5.74) is 7.15. The molecule has 4 N–H and O–H groups in total. The molecule has 0 amide bonds. The van der Waals surface area contributed by atoms with Gasteiger partial charge in [-0.3, -0.25) is 9.78 Å². The highest BCUT2D eigenvalue weighted by Crippen LogP contribution is 2.41. The van der Waals surface area contributed by atoms with Crippen LogP contribution in [0.4, 0.5) is 20.2 Å². The maximum absolute atomic E-state index is 15.1. The minimum atomic E-state index is -0.829. The van der Waals surface area contributed by atoms with Crippen LogP contribution in [0.25, 0.3) is 11.3 Å². The summed E-state index contributed by atoms with van der Waals surface area (Å²) in [4.78, 5) is 19.5. The standard InChI is InChI=1S/C26H28F2N4O3/c1-3-15-22(34)11-24(16-7-8-31-12-20(16)30-2)35-23(15)9-14-5-4-6-17(27)25(14)26-18(28)10-19(29)21(13-33)32-26/h4-8,10,12-13,15,22-24,30,34H,3,9,11,29H2,1-2H3. The zero-order chi connectivity index (χ0) is 25.1. The fraction of sp³-hybridized carbons (Fsp3) is 0.346. The molecule has 35 heavy (non-hydrogen) atoms. The molecule has 0 aliphatic carbocycles. The number of aldehydes is 1. The van der Waals surface area contributed by atoms with Crippen LogP contribution in [0.3, 0.4) is 0 Å². The minimum Gasteiger partial charge on any atom is -0.397 e. The van der Waals surface area contributed by atoms with E-state index in [-0.39, 0.29) is 35.0 Å². The van der Waals surface area contributed by atoms with Crippen molar-refractivity contribution in [3.8, 4) is 11.3 Å². The number of nitrogen functional groups attached to an aromatic ring is 1. The van der Waals surface area contributed by atoms with Crippen LogP contribution < -0.4 is 11.1 Å². The van der Waals surface area contributed by atoms with Crippen LogP contribution in [-0.2, 0) is 11.2 Å².